The van der Waals surface area contributed by atoms with Gasteiger partial charge in [-0.15, -0.1) is 0 Å². The van der Waals surface area contributed by atoms with E-state index in [2.05, 4.69) is 20.0 Å². The van der Waals surface area contributed by atoms with Crippen LogP contribution in [0.25, 0.3) is 0 Å². The van der Waals surface area contributed by atoms with E-state index in [0.717, 1.165) is 11.3 Å². The van der Waals surface area contributed by atoms with E-state index in [9.17, 15) is 8.42 Å². The number of hydrogen-bond donors (Lipinski definition) is 3. The lowest BCUT2D eigenvalue weighted by Crippen LogP contribution is -2.24. The summed E-state index contributed by atoms with van der Waals surface area (Å²) in [6.45, 7) is 3.62. The maximum absolute atomic E-state index is 12.2. The number of aromatic nitrogens is 4. The second-order valence-electron chi connectivity index (χ2n) is 4.27. The summed E-state index contributed by atoms with van der Waals surface area (Å²) in [4.78, 5) is 0.0242. The van der Waals surface area contributed by atoms with Gasteiger partial charge in [0.2, 0.25) is 10.0 Å². The maximum Gasteiger partial charge on any atom is 0.246 e. The lowest BCUT2D eigenvalue weighted by atomic mass is 10.3. The number of nitrogens with one attached hydrogen (secondary N) is 2. The van der Waals surface area contributed by atoms with Gasteiger partial charge in [-0.25, -0.2) is 13.1 Å². The summed E-state index contributed by atoms with van der Waals surface area (Å²) in [5.41, 5.74) is 7.73. The van der Waals surface area contributed by atoms with Crippen molar-refractivity contribution in [2.75, 3.05) is 5.73 Å². The Morgan fingerprint density at radius 1 is 1.47 bits per heavy atom. The van der Waals surface area contributed by atoms with Gasteiger partial charge in [-0.1, -0.05) is 0 Å². The van der Waals surface area contributed by atoms with Crippen LogP contribution in [-0.2, 0) is 23.6 Å². The molecule has 0 aliphatic rings. The van der Waals surface area contributed by atoms with Gasteiger partial charge in [0, 0.05) is 24.8 Å². The highest BCUT2D eigenvalue weighted by Crippen LogP contribution is 2.21. The Kier molecular flexibility index (Phi) is 3.33. The molecule has 0 saturated carbocycles. The molecule has 2 aromatic rings. The summed E-state index contributed by atoms with van der Waals surface area (Å²) in [7, 11) is -2.05. The molecular weight excluding hydrogens is 268 g/mol. The first-order valence-corrected chi connectivity index (χ1v) is 7.09. The molecule has 4 N–H and O–H groups in total. The second-order valence-corrected chi connectivity index (χ2v) is 5.97. The third-order valence-electron chi connectivity index (χ3n) is 2.96. The van der Waals surface area contributed by atoms with Gasteiger partial charge in [0.25, 0.3) is 0 Å². The van der Waals surface area contributed by atoms with Gasteiger partial charge in [-0.05, 0) is 13.8 Å². The average molecular weight is 284 g/mol. The Hall–Kier alpha value is -1.87. The van der Waals surface area contributed by atoms with Crippen LogP contribution in [0.2, 0.25) is 0 Å². The standard InChI is InChI=1S/C10H16N6O2S/c1-6-8(4-12-14-6)5-13-19(17,18)9-7(2)16(3)15-10(9)11/h4,13H,5H2,1-3H3,(H2,11,15)(H,12,14). The first kappa shape index (κ1) is 13.6. The number of H-pyrrole nitrogens is 1. The Bertz CT molecular complexity index is 700. The van der Waals surface area contributed by atoms with Gasteiger partial charge in [0.1, 0.15) is 4.90 Å². The van der Waals surface area contributed by atoms with Gasteiger partial charge in [0.05, 0.1) is 11.9 Å². The highest BCUT2D eigenvalue weighted by molar-refractivity contribution is 7.89. The molecule has 0 bridgehead atoms. The Morgan fingerprint density at radius 2 is 2.16 bits per heavy atom. The van der Waals surface area contributed by atoms with Crippen molar-refractivity contribution in [2.45, 2.75) is 25.3 Å². The number of rotatable bonds is 4. The number of sulfonamides is 1. The zero-order valence-corrected chi connectivity index (χ0v) is 11.7. The van der Waals surface area contributed by atoms with E-state index in [-0.39, 0.29) is 17.3 Å². The third-order valence-corrected chi connectivity index (χ3v) is 4.53. The molecule has 2 heterocycles. The first-order valence-electron chi connectivity index (χ1n) is 5.60. The molecule has 2 rings (SSSR count). The fourth-order valence-corrected chi connectivity index (χ4v) is 3.07. The van der Waals surface area contributed by atoms with E-state index in [1.54, 1.807) is 20.2 Å². The fraction of sp³-hybridized carbons (Fsp3) is 0.400. The minimum absolute atomic E-state index is 0.00332. The molecule has 0 saturated heterocycles. The zero-order valence-electron chi connectivity index (χ0n) is 10.9. The van der Waals surface area contributed by atoms with Crippen LogP contribution in [0.1, 0.15) is 17.0 Å². The normalized spacial score (nSPS) is 11.9. The molecule has 8 nitrogen and oxygen atoms in total. The summed E-state index contributed by atoms with van der Waals surface area (Å²) in [6, 6.07) is 0. The molecule has 0 aromatic carbocycles. The number of nitrogens with zero attached hydrogens (tertiary/aromatic N) is 3. The summed E-state index contributed by atoms with van der Waals surface area (Å²) in [6.07, 6.45) is 1.58. The number of nitrogens with two attached hydrogens (primary N) is 1. The summed E-state index contributed by atoms with van der Waals surface area (Å²) in [5.74, 6) is -0.00332. The van der Waals surface area contributed by atoms with Crippen LogP contribution in [0.15, 0.2) is 11.1 Å². The highest BCUT2D eigenvalue weighted by Gasteiger charge is 2.24. The van der Waals surface area contributed by atoms with E-state index in [1.807, 2.05) is 6.92 Å². The smallest absolute Gasteiger partial charge is 0.246 e. The Labute approximate surface area is 111 Å². The van der Waals surface area contributed by atoms with Crippen LogP contribution >= 0.6 is 0 Å². The largest absolute Gasteiger partial charge is 0.381 e. The molecule has 0 radical (unpaired) electrons. The number of anilines is 1. The third kappa shape index (κ3) is 2.47. The molecule has 0 aliphatic heterocycles. The van der Waals surface area contributed by atoms with Crippen molar-refractivity contribution in [2.24, 2.45) is 7.05 Å². The topological polar surface area (TPSA) is 119 Å². The monoisotopic (exact) mass is 284 g/mol. The lowest BCUT2D eigenvalue weighted by Gasteiger charge is -2.06. The summed E-state index contributed by atoms with van der Waals surface area (Å²) < 4.78 is 28.4. The number of nitrogen functional groups attached to an aromatic ring is 1. The lowest BCUT2D eigenvalue weighted by molar-refractivity contribution is 0.580. The number of aryl methyl sites for hydroxylation is 2. The SMILES string of the molecule is Cc1[nH]ncc1CNS(=O)(=O)c1c(N)nn(C)c1C. The number of hydrogen-bond acceptors (Lipinski definition) is 5. The predicted octanol–water partition coefficient (Wildman–Crippen LogP) is -0.179. The van der Waals surface area contributed by atoms with Gasteiger partial charge in [-0.2, -0.15) is 10.2 Å². The molecule has 9 heteroatoms. The summed E-state index contributed by atoms with van der Waals surface area (Å²) in [5, 5.41) is 10.5. The highest BCUT2D eigenvalue weighted by atomic mass is 32.2. The maximum atomic E-state index is 12.2. The van der Waals surface area contributed by atoms with Gasteiger partial charge in [0.15, 0.2) is 5.82 Å². The molecule has 19 heavy (non-hydrogen) atoms. The van der Waals surface area contributed by atoms with Crippen molar-refractivity contribution < 1.29 is 8.42 Å². The Balaban J connectivity index is 2.26. The quantitative estimate of drug-likeness (QED) is 0.719. The van der Waals surface area contributed by atoms with Gasteiger partial charge >= 0.3 is 0 Å². The van der Waals surface area contributed by atoms with Crippen LogP contribution in [-0.4, -0.2) is 28.4 Å². The van der Waals surface area contributed by atoms with Gasteiger partial charge < -0.3 is 5.73 Å². The van der Waals surface area contributed by atoms with Crippen molar-refractivity contribution in [3.63, 3.8) is 0 Å². The molecule has 0 aliphatic carbocycles. The van der Waals surface area contributed by atoms with E-state index in [1.165, 1.54) is 4.68 Å². The van der Waals surface area contributed by atoms with Crippen LogP contribution in [0.5, 0.6) is 0 Å². The molecule has 0 atom stereocenters. The van der Waals surface area contributed by atoms with Crippen LogP contribution < -0.4 is 10.5 Å². The van der Waals surface area contributed by atoms with Crippen molar-refractivity contribution >= 4 is 15.8 Å². The van der Waals surface area contributed by atoms with E-state index in [4.69, 9.17) is 5.73 Å². The van der Waals surface area contributed by atoms with Crippen molar-refractivity contribution in [3.8, 4) is 0 Å². The van der Waals surface area contributed by atoms with Crippen LogP contribution in [0.4, 0.5) is 5.82 Å². The van der Waals surface area contributed by atoms with E-state index < -0.39 is 10.0 Å². The molecule has 0 unspecified atom stereocenters. The average Bonchev–Trinajstić information content (AvgIpc) is 2.82. The minimum Gasteiger partial charge on any atom is -0.381 e. The fourth-order valence-electron chi connectivity index (χ4n) is 1.75. The summed E-state index contributed by atoms with van der Waals surface area (Å²) >= 11 is 0. The van der Waals surface area contributed by atoms with Crippen LogP contribution in [0.3, 0.4) is 0 Å². The first-order chi connectivity index (χ1) is 8.83. The van der Waals surface area contributed by atoms with Crippen molar-refractivity contribution in [1.29, 1.82) is 0 Å². The molecule has 0 fully saturated rings. The molecule has 104 valence electrons. The zero-order chi connectivity index (χ0) is 14.2. The van der Waals surface area contributed by atoms with Gasteiger partial charge in [-0.3, -0.25) is 9.78 Å². The molecule has 0 amide bonds. The van der Waals surface area contributed by atoms with Crippen LogP contribution in [0, 0.1) is 13.8 Å². The van der Waals surface area contributed by atoms with Crippen molar-refractivity contribution in [3.05, 3.63) is 23.1 Å². The van der Waals surface area contributed by atoms with E-state index in [0.29, 0.717) is 5.69 Å². The number of aromatic amines is 1. The second kappa shape index (κ2) is 4.67. The van der Waals surface area contributed by atoms with Crippen molar-refractivity contribution in [1.82, 2.24) is 24.7 Å². The molecular formula is C10H16N6O2S. The minimum atomic E-state index is -3.69. The predicted molar refractivity (Wildman–Crippen MR) is 69.7 cm³/mol. The molecule has 0 spiro atoms. The molecule has 2 aromatic heterocycles. The van der Waals surface area contributed by atoms with E-state index >= 15 is 0 Å². The Morgan fingerprint density at radius 3 is 2.63 bits per heavy atom.